The lowest BCUT2D eigenvalue weighted by atomic mass is 10.2. The molecule has 0 heterocycles. The fourth-order valence-corrected chi connectivity index (χ4v) is 2.43. The average Bonchev–Trinajstić information content (AvgIpc) is 2.59. The highest BCUT2D eigenvalue weighted by Crippen LogP contribution is 2.29. The van der Waals surface area contributed by atoms with Crippen LogP contribution in [0.25, 0.3) is 0 Å². The van der Waals surface area contributed by atoms with Crippen LogP contribution >= 0.6 is 0 Å². The zero-order valence-corrected chi connectivity index (χ0v) is 15.2. The van der Waals surface area contributed by atoms with Crippen molar-refractivity contribution in [1.29, 1.82) is 0 Å². The minimum atomic E-state index is 0.541. The van der Waals surface area contributed by atoms with E-state index in [0.29, 0.717) is 6.61 Å². The van der Waals surface area contributed by atoms with Crippen LogP contribution < -0.4 is 9.47 Å². The van der Waals surface area contributed by atoms with Crippen molar-refractivity contribution in [1.82, 2.24) is 9.80 Å². The molecule has 4 heteroatoms. The van der Waals surface area contributed by atoms with E-state index in [1.165, 1.54) is 5.56 Å². The molecular weight excluding hydrogens is 300 g/mol. The van der Waals surface area contributed by atoms with E-state index < -0.39 is 0 Å². The van der Waals surface area contributed by atoms with E-state index in [2.05, 4.69) is 55.2 Å². The van der Waals surface area contributed by atoms with Crippen molar-refractivity contribution in [2.75, 3.05) is 41.3 Å². The monoisotopic (exact) mass is 328 g/mol. The van der Waals surface area contributed by atoms with E-state index in [-0.39, 0.29) is 0 Å². The van der Waals surface area contributed by atoms with Crippen LogP contribution in [0, 0.1) is 0 Å². The van der Waals surface area contributed by atoms with Crippen molar-refractivity contribution in [2.45, 2.75) is 13.2 Å². The van der Waals surface area contributed by atoms with E-state index in [1.807, 2.05) is 24.3 Å². The molecule has 24 heavy (non-hydrogen) atoms. The van der Waals surface area contributed by atoms with Crippen LogP contribution in [0.5, 0.6) is 11.5 Å². The average molecular weight is 328 g/mol. The van der Waals surface area contributed by atoms with E-state index in [9.17, 15) is 0 Å². The third-order valence-electron chi connectivity index (χ3n) is 3.85. The third kappa shape index (κ3) is 5.87. The summed E-state index contributed by atoms with van der Waals surface area (Å²) in [5, 5.41) is 0. The van der Waals surface area contributed by atoms with Gasteiger partial charge in [-0.3, -0.25) is 0 Å². The predicted molar refractivity (Wildman–Crippen MR) is 98.7 cm³/mol. The molecule has 4 nitrogen and oxygen atoms in total. The zero-order chi connectivity index (χ0) is 17.4. The highest BCUT2D eigenvalue weighted by atomic mass is 16.5. The molecule has 0 radical (unpaired) electrons. The summed E-state index contributed by atoms with van der Waals surface area (Å²) >= 11 is 0. The molecule has 2 aromatic rings. The highest BCUT2D eigenvalue weighted by molar-refractivity contribution is 5.43. The van der Waals surface area contributed by atoms with Gasteiger partial charge in [0.25, 0.3) is 0 Å². The summed E-state index contributed by atoms with van der Waals surface area (Å²) in [6, 6.07) is 16.3. The third-order valence-corrected chi connectivity index (χ3v) is 3.85. The maximum Gasteiger partial charge on any atom is 0.161 e. The Kier molecular flexibility index (Phi) is 7.09. The molecule has 0 saturated carbocycles. The maximum absolute atomic E-state index is 5.91. The number of hydrogen-bond donors (Lipinski definition) is 0. The first-order chi connectivity index (χ1) is 11.6. The van der Waals surface area contributed by atoms with Gasteiger partial charge < -0.3 is 19.3 Å². The summed E-state index contributed by atoms with van der Waals surface area (Å²) < 4.78 is 11.4. The second-order valence-corrected chi connectivity index (χ2v) is 6.30. The Balaban J connectivity index is 1.96. The Morgan fingerprint density at radius 3 is 2.25 bits per heavy atom. The lowest BCUT2D eigenvalue weighted by Gasteiger charge is -2.20. The molecule has 0 atom stereocenters. The second kappa shape index (κ2) is 9.30. The number of rotatable bonds is 9. The zero-order valence-electron chi connectivity index (χ0n) is 15.2. The number of methoxy groups -OCH3 is 1. The number of hydrogen-bond acceptors (Lipinski definition) is 4. The fourth-order valence-electron chi connectivity index (χ4n) is 2.43. The quantitative estimate of drug-likeness (QED) is 0.705. The van der Waals surface area contributed by atoms with Gasteiger partial charge in [0.05, 0.1) is 7.11 Å². The summed E-state index contributed by atoms with van der Waals surface area (Å²) in [5.41, 5.74) is 2.37. The van der Waals surface area contributed by atoms with Crippen LogP contribution in [-0.2, 0) is 13.2 Å². The number of nitrogens with zero attached hydrogens (tertiary/aromatic N) is 2. The first-order valence-corrected chi connectivity index (χ1v) is 8.25. The Morgan fingerprint density at radius 1 is 0.833 bits per heavy atom. The van der Waals surface area contributed by atoms with Gasteiger partial charge in [-0.05, 0) is 44.4 Å². The maximum atomic E-state index is 5.91. The van der Waals surface area contributed by atoms with Gasteiger partial charge in [-0.25, -0.2) is 0 Å². The van der Waals surface area contributed by atoms with Gasteiger partial charge >= 0.3 is 0 Å². The van der Waals surface area contributed by atoms with Gasteiger partial charge in [-0.15, -0.1) is 0 Å². The lowest BCUT2D eigenvalue weighted by Crippen LogP contribution is -2.28. The number of ether oxygens (including phenoxy) is 2. The Bertz CT molecular complexity index is 614. The van der Waals surface area contributed by atoms with E-state index in [4.69, 9.17) is 9.47 Å². The Labute approximate surface area is 145 Å². The summed E-state index contributed by atoms with van der Waals surface area (Å²) in [6.45, 7) is 3.51. The van der Waals surface area contributed by atoms with E-state index in [1.54, 1.807) is 7.11 Å². The first kappa shape index (κ1) is 18.3. The molecule has 0 aromatic heterocycles. The molecule has 130 valence electrons. The van der Waals surface area contributed by atoms with Crippen molar-refractivity contribution in [2.24, 2.45) is 0 Å². The molecule has 2 aromatic carbocycles. The fraction of sp³-hybridized carbons (Fsp3) is 0.400. The topological polar surface area (TPSA) is 24.9 Å². The van der Waals surface area contributed by atoms with Crippen LogP contribution in [0.2, 0.25) is 0 Å². The van der Waals surface area contributed by atoms with Crippen molar-refractivity contribution >= 4 is 0 Å². The van der Waals surface area contributed by atoms with Gasteiger partial charge in [-0.1, -0.05) is 36.4 Å². The molecule has 0 aliphatic heterocycles. The van der Waals surface area contributed by atoms with E-state index >= 15 is 0 Å². The smallest absolute Gasteiger partial charge is 0.161 e. The molecule has 0 saturated heterocycles. The molecule has 0 spiro atoms. The number of likely N-dealkylation sites (N-methyl/N-ethyl adjacent to an activating group) is 2. The normalized spacial score (nSPS) is 11.1. The number of benzene rings is 2. The van der Waals surface area contributed by atoms with Crippen LogP contribution in [0.15, 0.2) is 48.5 Å². The molecule has 0 fully saturated rings. The second-order valence-electron chi connectivity index (χ2n) is 6.30. The van der Waals surface area contributed by atoms with Crippen LogP contribution in [0.4, 0.5) is 0 Å². The van der Waals surface area contributed by atoms with E-state index in [0.717, 1.165) is 36.7 Å². The SMILES string of the molecule is COc1cc(CN(C)CCN(C)C)ccc1OCc1ccccc1. The molecule has 0 aliphatic rings. The lowest BCUT2D eigenvalue weighted by molar-refractivity contribution is 0.273. The van der Waals surface area contributed by atoms with Crippen molar-refractivity contribution in [3.63, 3.8) is 0 Å². The highest BCUT2D eigenvalue weighted by Gasteiger charge is 2.08. The van der Waals surface area contributed by atoms with Gasteiger partial charge in [-0.2, -0.15) is 0 Å². The van der Waals surface area contributed by atoms with Gasteiger partial charge in [0.1, 0.15) is 6.61 Å². The molecule has 0 aliphatic carbocycles. The Hall–Kier alpha value is -2.04. The van der Waals surface area contributed by atoms with Gasteiger partial charge in [0, 0.05) is 19.6 Å². The molecule has 0 bridgehead atoms. The van der Waals surface area contributed by atoms with Crippen LogP contribution in [-0.4, -0.2) is 51.1 Å². The standard InChI is InChI=1S/C20H28N2O2/c1-21(2)12-13-22(3)15-18-10-11-19(20(14-18)23-4)24-16-17-8-6-5-7-9-17/h5-11,14H,12-13,15-16H2,1-4H3. The van der Waals surface area contributed by atoms with Gasteiger partial charge in [0.15, 0.2) is 11.5 Å². The van der Waals surface area contributed by atoms with Crippen molar-refractivity contribution < 1.29 is 9.47 Å². The summed E-state index contributed by atoms with van der Waals surface area (Å²) in [5.74, 6) is 1.56. The molecule has 0 amide bonds. The molecular formula is C20H28N2O2. The minimum absolute atomic E-state index is 0.541. The molecule has 0 unspecified atom stereocenters. The predicted octanol–water partition coefficient (Wildman–Crippen LogP) is 3.27. The molecule has 0 N–H and O–H groups in total. The van der Waals surface area contributed by atoms with Crippen molar-refractivity contribution in [3.8, 4) is 11.5 Å². The summed E-state index contributed by atoms with van der Waals surface area (Å²) in [6.07, 6.45) is 0. The molecule has 2 rings (SSSR count). The summed E-state index contributed by atoms with van der Waals surface area (Å²) in [7, 11) is 8.01. The van der Waals surface area contributed by atoms with Crippen LogP contribution in [0.1, 0.15) is 11.1 Å². The Morgan fingerprint density at radius 2 is 1.58 bits per heavy atom. The van der Waals surface area contributed by atoms with Crippen molar-refractivity contribution in [3.05, 3.63) is 59.7 Å². The first-order valence-electron chi connectivity index (χ1n) is 8.25. The summed E-state index contributed by atoms with van der Waals surface area (Å²) in [4.78, 5) is 4.50. The largest absolute Gasteiger partial charge is 0.493 e. The van der Waals surface area contributed by atoms with Crippen LogP contribution in [0.3, 0.4) is 0 Å². The minimum Gasteiger partial charge on any atom is -0.493 e. The van der Waals surface area contributed by atoms with Gasteiger partial charge in [0.2, 0.25) is 0 Å².